The van der Waals surface area contributed by atoms with Gasteiger partial charge in [0.25, 0.3) is 0 Å². The van der Waals surface area contributed by atoms with Crippen LogP contribution in [-0.4, -0.2) is 44.5 Å². The van der Waals surface area contributed by atoms with E-state index in [4.69, 9.17) is 4.74 Å². The third kappa shape index (κ3) is 6.50. The van der Waals surface area contributed by atoms with Gasteiger partial charge in [-0.1, -0.05) is 32.0 Å². The molecule has 0 radical (unpaired) electrons. The van der Waals surface area contributed by atoms with E-state index in [1.54, 1.807) is 37.3 Å². The summed E-state index contributed by atoms with van der Waals surface area (Å²) in [6.07, 6.45) is -3.89. The van der Waals surface area contributed by atoms with Crippen LogP contribution in [0.3, 0.4) is 0 Å². The molecule has 0 bridgehead atoms. The van der Waals surface area contributed by atoms with Gasteiger partial charge in [-0.25, -0.2) is 8.42 Å². The van der Waals surface area contributed by atoms with Gasteiger partial charge in [-0.05, 0) is 61.1 Å². The second kappa shape index (κ2) is 10.4. The highest BCUT2D eigenvalue weighted by Gasteiger charge is 2.33. The Hall–Kier alpha value is -2.59. The van der Waals surface area contributed by atoms with Crippen LogP contribution in [0.15, 0.2) is 47.4 Å². The maximum Gasteiger partial charge on any atom is 0.422 e. The molecule has 1 saturated heterocycles. The highest BCUT2D eigenvalue weighted by atomic mass is 32.2. The van der Waals surface area contributed by atoms with Crippen LogP contribution in [0.1, 0.15) is 43.7 Å². The zero-order valence-corrected chi connectivity index (χ0v) is 20.2. The van der Waals surface area contributed by atoms with Gasteiger partial charge in [-0.2, -0.15) is 17.5 Å². The van der Waals surface area contributed by atoms with Crippen LogP contribution < -0.4 is 10.1 Å². The van der Waals surface area contributed by atoms with Crippen LogP contribution in [0.5, 0.6) is 5.75 Å². The first-order valence-electron chi connectivity index (χ1n) is 11.1. The summed E-state index contributed by atoms with van der Waals surface area (Å²) in [5, 5.41) is 2.65. The first-order valence-corrected chi connectivity index (χ1v) is 12.5. The number of carbonyl (C=O) groups excluding carboxylic acids is 1. The van der Waals surface area contributed by atoms with Gasteiger partial charge < -0.3 is 10.1 Å². The van der Waals surface area contributed by atoms with Crippen molar-refractivity contribution in [3.63, 3.8) is 0 Å². The lowest BCUT2D eigenvalue weighted by atomic mass is 9.97. The molecule has 6 nitrogen and oxygen atoms in total. The van der Waals surface area contributed by atoms with Gasteiger partial charge in [0.1, 0.15) is 5.75 Å². The summed E-state index contributed by atoms with van der Waals surface area (Å²) in [7, 11) is -3.67. The molecule has 10 heteroatoms. The summed E-state index contributed by atoms with van der Waals surface area (Å²) in [4.78, 5) is 13.0. The number of anilines is 1. The Labute approximate surface area is 198 Å². The minimum atomic E-state index is -4.50. The number of hydrogen-bond acceptors (Lipinski definition) is 4. The van der Waals surface area contributed by atoms with E-state index in [1.165, 1.54) is 16.4 Å². The van der Waals surface area contributed by atoms with Crippen LogP contribution in [-0.2, 0) is 14.8 Å². The molecule has 3 rings (SSSR count). The van der Waals surface area contributed by atoms with Crippen molar-refractivity contribution in [1.82, 2.24) is 4.31 Å². The van der Waals surface area contributed by atoms with Crippen molar-refractivity contribution in [1.29, 1.82) is 0 Å². The van der Waals surface area contributed by atoms with E-state index in [9.17, 15) is 26.4 Å². The van der Waals surface area contributed by atoms with Crippen molar-refractivity contribution >= 4 is 21.6 Å². The SMILES string of the molecule is Cc1ccc(NC(=O)C2CCN(S(=O)(=O)c3ccc(C(C)C)cc3)CC2)c(OCC(F)(F)F)c1. The maximum absolute atomic E-state index is 13.0. The fraction of sp³-hybridized carbons (Fsp3) is 0.458. The van der Waals surface area contributed by atoms with E-state index in [0.717, 1.165) is 5.56 Å². The number of sulfonamides is 1. The van der Waals surface area contributed by atoms with Gasteiger partial charge in [0.2, 0.25) is 15.9 Å². The van der Waals surface area contributed by atoms with Crippen LogP contribution in [0.4, 0.5) is 18.9 Å². The minimum Gasteiger partial charge on any atom is -0.482 e. The fourth-order valence-electron chi connectivity index (χ4n) is 3.78. The molecule has 0 aromatic heterocycles. The van der Waals surface area contributed by atoms with Gasteiger partial charge in [0.15, 0.2) is 6.61 Å². The van der Waals surface area contributed by atoms with E-state index < -0.39 is 28.7 Å². The molecule has 1 fully saturated rings. The van der Waals surface area contributed by atoms with Crippen molar-refractivity contribution in [3.8, 4) is 5.75 Å². The van der Waals surface area contributed by atoms with E-state index in [-0.39, 0.29) is 35.3 Å². The summed E-state index contributed by atoms with van der Waals surface area (Å²) in [6.45, 7) is 4.66. The molecule has 0 saturated carbocycles. The summed E-state index contributed by atoms with van der Waals surface area (Å²) in [5.74, 6) is -0.611. The lowest BCUT2D eigenvalue weighted by molar-refractivity contribution is -0.153. The molecule has 0 atom stereocenters. The Morgan fingerprint density at radius 1 is 1.12 bits per heavy atom. The van der Waals surface area contributed by atoms with Gasteiger partial charge in [-0.3, -0.25) is 4.79 Å². The number of aryl methyl sites for hydroxylation is 1. The Morgan fingerprint density at radius 3 is 2.29 bits per heavy atom. The first-order chi connectivity index (χ1) is 15.9. The predicted octanol–water partition coefficient (Wildman–Crippen LogP) is 5.10. The number of nitrogens with one attached hydrogen (secondary N) is 1. The average molecular weight is 499 g/mol. The number of alkyl halides is 3. The van der Waals surface area contributed by atoms with Gasteiger partial charge in [0, 0.05) is 19.0 Å². The summed E-state index contributed by atoms with van der Waals surface area (Å²) in [5.41, 5.74) is 1.89. The van der Waals surface area contributed by atoms with E-state index in [0.29, 0.717) is 24.3 Å². The molecular formula is C24H29F3N2O4S. The second-order valence-corrected chi connectivity index (χ2v) is 10.7. The van der Waals surface area contributed by atoms with Crippen molar-refractivity contribution in [2.45, 2.75) is 50.6 Å². The third-order valence-corrected chi connectivity index (χ3v) is 7.71. The van der Waals surface area contributed by atoms with Crippen molar-refractivity contribution in [3.05, 3.63) is 53.6 Å². The Bertz CT molecular complexity index is 1110. The third-order valence-electron chi connectivity index (χ3n) is 5.80. The number of benzene rings is 2. The predicted molar refractivity (Wildman–Crippen MR) is 123 cm³/mol. The Morgan fingerprint density at radius 2 is 1.74 bits per heavy atom. The smallest absolute Gasteiger partial charge is 0.422 e. The highest BCUT2D eigenvalue weighted by Crippen LogP contribution is 2.30. The standard InChI is InChI=1S/C24H29F3N2O4S/c1-16(2)18-5-7-20(8-6-18)34(31,32)29-12-10-19(11-13-29)23(30)28-21-9-4-17(3)14-22(21)33-15-24(25,26)27/h4-9,14,16,19H,10-13,15H2,1-3H3,(H,28,30). The Balaban J connectivity index is 1.63. The number of ether oxygens (including phenoxy) is 1. The molecule has 34 heavy (non-hydrogen) atoms. The largest absolute Gasteiger partial charge is 0.482 e. The molecule has 186 valence electrons. The summed E-state index contributed by atoms with van der Waals surface area (Å²) < 4.78 is 69.9. The molecule has 0 spiro atoms. The van der Waals surface area contributed by atoms with E-state index >= 15 is 0 Å². The highest BCUT2D eigenvalue weighted by molar-refractivity contribution is 7.89. The molecule has 1 heterocycles. The van der Waals surface area contributed by atoms with Gasteiger partial charge in [-0.15, -0.1) is 0 Å². The molecule has 1 aliphatic heterocycles. The molecule has 0 unspecified atom stereocenters. The fourth-order valence-corrected chi connectivity index (χ4v) is 5.25. The summed E-state index contributed by atoms with van der Waals surface area (Å²) in [6, 6.07) is 11.4. The molecule has 1 amide bonds. The molecular weight excluding hydrogens is 469 g/mol. The number of amides is 1. The van der Waals surface area contributed by atoms with E-state index in [1.807, 2.05) is 13.8 Å². The zero-order valence-electron chi connectivity index (χ0n) is 19.4. The van der Waals surface area contributed by atoms with E-state index in [2.05, 4.69) is 5.32 Å². The molecule has 0 aliphatic carbocycles. The number of piperidine rings is 1. The molecule has 1 aliphatic rings. The Kier molecular flexibility index (Phi) is 7.92. The average Bonchev–Trinajstić information content (AvgIpc) is 2.78. The first kappa shape index (κ1) is 26.0. The van der Waals surface area contributed by atoms with Gasteiger partial charge >= 0.3 is 6.18 Å². The van der Waals surface area contributed by atoms with Gasteiger partial charge in [0.05, 0.1) is 10.6 Å². The summed E-state index contributed by atoms with van der Waals surface area (Å²) >= 11 is 0. The molecule has 1 N–H and O–H groups in total. The second-order valence-electron chi connectivity index (χ2n) is 8.79. The lowest BCUT2D eigenvalue weighted by Gasteiger charge is -2.30. The van der Waals surface area contributed by atoms with Crippen molar-refractivity contribution in [2.24, 2.45) is 5.92 Å². The van der Waals surface area contributed by atoms with Crippen LogP contribution in [0, 0.1) is 12.8 Å². The normalized spacial score (nSPS) is 16.0. The topological polar surface area (TPSA) is 75.7 Å². The molecule has 2 aromatic rings. The monoisotopic (exact) mass is 498 g/mol. The number of carbonyl (C=O) groups is 1. The van der Waals surface area contributed by atoms with Crippen molar-refractivity contribution in [2.75, 3.05) is 25.0 Å². The number of halogens is 3. The minimum absolute atomic E-state index is 0.0597. The quantitative estimate of drug-likeness (QED) is 0.577. The van der Waals surface area contributed by atoms with Crippen LogP contribution in [0.2, 0.25) is 0 Å². The lowest BCUT2D eigenvalue weighted by Crippen LogP contribution is -2.41. The maximum atomic E-state index is 13.0. The number of rotatable bonds is 7. The van der Waals surface area contributed by atoms with Crippen molar-refractivity contribution < 1.29 is 31.1 Å². The zero-order chi connectivity index (χ0) is 25.1. The molecule has 2 aromatic carbocycles. The number of hydrogen-bond donors (Lipinski definition) is 1. The van der Waals surface area contributed by atoms with Crippen LogP contribution in [0.25, 0.3) is 0 Å². The number of nitrogens with zero attached hydrogens (tertiary/aromatic N) is 1. The van der Waals surface area contributed by atoms with Crippen LogP contribution >= 0.6 is 0 Å².